The Morgan fingerprint density at radius 1 is 1.15 bits per heavy atom. The molecule has 2 rings (SSSR count). The predicted octanol–water partition coefficient (Wildman–Crippen LogP) is 3.93. The fourth-order valence-electron chi connectivity index (χ4n) is 2.63. The molecule has 0 heterocycles. The Morgan fingerprint density at radius 2 is 1.85 bits per heavy atom. The molecule has 2 N–H and O–H groups in total. The zero-order valence-electron chi connectivity index (χ0n) is 16.0. The Morgan fingerprint density at radius 3 is 2.52 bits per heavy atom. The van der Waals surface area contributed by atoms with Gasteiger partial charge in [-0.3, -0.25) is 9.59 Å². The Bertz CT molecular complexity index is 821. The fraction of sp³-hybridized carbons (Fsp3) is 0.333. The predicted molar refractivity (Wildman–Crippen MR) is 103 cm³/mol. The van der Waals surface area contributed by atoms with Crippen LogP contribution in [0.15, 0.2) is 42.5 Å². The van der Waals surface area contributed by atoms with Gasteiger partial charge in [0.05, 0.1) is 12.2 Å². The molecule has 0 saturated heterocycles. The molecular weight excluding hydrogens is 347 g/mol. The SMILES string of the molecule is CCOc1ccccc1C(=O)NC(C(=O)Nc1cc(F)ccc1C)C(C)C. The van der Waals surface area contributed by atoms with Crippen LogP contribution in [0.1, 0.15) is 36.7 Å². The van der Waals surface area contributed by atoms with Gasteiger partial charge < -0.3 is 15.4 Å². The van der Waals surface area contributed by atoms with Gasteiger partial charge in [-0.15, -0.1) is 0 Å². The molecule has 6 heteroatoms. The van der Waals surface area contributed by atoms with E-state index in [1.165, 1.54) is 12.1 Å². The van der Waals surface area contributed by atoms with E-state index in [1.54, 1.807) is 37.3 Å². The minimum Gasteiger partial charge on any atom is -0.493 e. The lowest BCUT2D eigenvalue weighted by atomic mass is 10.0. The largest absolute Gasteiger partial charge is 0.493 e. The van der Waals surface area contributed by atoms with Crippen LogP contribution in [0.25, 0.3) is 0 Å². The van der Waals surface area contributed by atoms with E-state index < -0.39 is 23.7 Å². The second-order valence-corrected chi connectivity index (χ2v) is 6.57. The number of nitrogens with one attached hydrogen (secondary N) is 2. The standard InChI is InChI=1S/C21H25FN2O3/c1-5-27-18-9-7-6-8-16(18)20(25)24-19(13(2)3)21(26)23-17-12-15(22)11-10-14(17)4/h6-13,19H,5H2,1-4H3,(H,23,26)(H,24,25). The lowest BCUT2D eigenvalue weighted by Gasteiger charge is -2.23. The number of benzene rings is 2. The first-order valence-corrected chi connectivity index (χ1v) is 8.93. The number of rotatable bonds is 7. The van der Waals surface area contributed by atoms with E-state index >= 15 is 0 Å². The number of anilines is 1. The van der Waals surface area contributed by atoms with Crippen LogP contribution in [-0.2, 0) is 4.79 Å². The zero-order chi connectivity index (χ0) is 20.0. The van der Waals surface area contributed by atoms with Crippen LogP contribution < -0.4 is 15.4 Å². The molecule has 2 amide bonds. The van der Waals surface area contributed by atoms with Crippen LogP contribution in [0.5, 0.6) is 5.75 Å². The maximum absolute atomic E-state index is 13.5. The summed E-state index contributed by atoms with van der Waals surface area (Å²) >= 11 is 0. The molecule has 1 atom stereocenters. The second-order valence-electron chi connectivity index (χ2n) is 6.57. The molecule has 0 aliphatic heterocycles. The highest BCUT2D eigenvalue weighted by Gasteiger charge is 2.26. The van der Waals surface area contributed by atoms with Gasteiger partial charge in [0.15, 0.2) is 0 Å². The monoisotopic (exact) mass is 372 g/mol. The number of halogens is 1. The molecule has 2 aromatic carbocycles. The number of carbonyl (C=O) groups excluding carboxylic acids is 2. The fourth-order valence-corrected chi connectivity index (χ4v) is 2.63. The van der Waals surface area contributed by atoms with Crippen molar-refractivity contribution in [3.8, 4) is 5.75 Å². The Hall–Kier alpha value is -2.89. The summed E-state index contributed by atoms with van der Waals surface area (Å²) in [5, 5.41) is 5.47. The molecular formula is C21H25FN2O3. The number of hydrogen-bond donors (Lipinski definition) is 2. The van der Waals surface area contributed by atoms with Gasteiger partial charge in [0.2, 0.25) is 5.91 Å². The van der Waals surface area contributed by atoms with E-state index in [0.717, 1.165) is 5.56 Å². The Labute approximate surface area is 158 Å². The molecule has 0 spiro atoms. The van der Waals surface area contributed by atoms with Crippen molar-refractivity contribution < 1.29 is 18.7 Å². The summed E-state index contributed by atoms with van der Waals surface area (Å²) in [6.07, 6.45) is 0. The number of carbonyl (C=O) groups is 2. The number of hydrogen-bond acceptors (Lipinski definition) is 3. The summed E-state index contributed by atoms with van der Waals surface area (Å²) in [6, 6.07) is 10.3. The lowest BCUT2D eigenvalue weighted by molar-refractivity contribution is -0.118. The lowest BCUT2D eigenvalue weighted by Crippen LogP contribution is -2.47. The van der Waals surface area contributed by atoms with Crippen LogP contribution in [0.3, 0.4) is 0 Å². The normalized spacial score (nSPS) is 11.8. The first kappa shape index (κ1) is 20.4. The van der Waals surface area contributed by atoms with Gasteiger partial charge in [-0.1, -0.05) is 32.0 Å². The number of para-hydroxylation sites is 1. The summed E-state index contributed by atoms with van der Waals surface area (Å²) < 4.78 is 19.0. The van der Waals surface area contributed by atoms with Crippen molar-refractivity contribution in [2.45, 2.75) is 33.7 Å². The van der Waals surface area contributed by atoms with Gasteiger partial charge >= 0.3 is 0 Å². The van der Waals surface area contributed by atoms with E-state index in [4.69, 9.17) is 4.74 Å². The molecule has 144 valence electrons. The highest BCUT2D eigenvalue weighted by Crippen LogP contribution is 2.20. The molecule has 0 aliphatic carbocycles. The van der Waals surface area contributed by atoms with Crippen LogP contribution in [-0.4, -0.2) is 24.5 Å². The van der Waals surface area contributed by atoms with Crippen LogP contribution >= 0.6 is 0 Å². The molecule has 0 aromatic heterocycles. The third-order valence-electron chi connectivity index (χ3n) is 4.12. The summed E-state index contributed by atoms with van der Waals surface area (Å²) in [7, 11) is 0. The molecule has 0 aliphatic rings. The van der Waals surface area contributed by atoms with Crippen molar-refractivity contribution in [1.29, 1.82) is 0 Å². The molecule has 0 radical (unpaired) electrons. The smallest absolute Gasteiger partial charge is 0.255 e. The number of aryl methyl sites for hydroxylation is 1. The maximum Gasteiger partial charge on any atom is 0.255 e. The summed E-state index contributed by atoms with van der Waals surface area (Å²) in [5.74, 6) is -0.945. The van der Waals surface area contributed by atoms with Gasteiger partial charge in [-0.2, -0.15) is 0 Å². The van der Waals surface area contributed by atoms with Crippen LogP contribution in [0.2, 0.25) is 0 Å². The molecule has 2 aromatic rings. The number of amides is 2. The molecule has 0 bridgehead atoms. The summed E-state index contributed by atoms with van der Waals surface area (Å²) in [6.45, 7) is 7.70. The highest BCUT2D eigenvalue weighted by molar-refractivity contribution is 6.02. The van der Waals surface area contributed by atoms with Crippen molar-refractivity contribution in [2.24, 2.45) is 5.92 Å². The van der Waals surface area contributed by atoms with Crippen molar-refractivity contribution in [1.82, 2.24) is 5.32 Å². The Kier molecular flexibility index (Phi) is 6.93. The second kappa shape index (κ2) is 9.16. The van der Waals surface area contributed by atoms with Crippen molar-refractivity contribution in [2.75, 3.05) is 11.9 Å². The Balaban J connectivity index is 2.19. The first-order chi connectivity index (χ1) is 12.8. The van der Waals surface area contributed by atoms with Gasteiger partial charge in [-0.25, -0.2) is 4.39 Å². The van der Waals surface area contributed by atoms with Gasteiger partial charge in [-0.05, 0) is 49.6 Å². The third kappa shape index (κ3) is 5.29. The third-order valence-corrected chi connectivity index (χ3v) is 4.12. The average molecular weight is 372 g/mol. The van der Waals surface area contributed by atoms with Gasteiger partial charge in [0, 0.05) is 5.69 Å². The van der Waals surface area contributed by atoms with Crippen LogP contribution in [0.4, 0.5) is 10.1 Å². The summed E-state index contributed by atoms with van der Waals surface area (Å²) in [4.78, 5) is 25.4. The van der Waals surface area contributed by atoms with E-state index in [9.17, 15) is 14.0 Å². The maximum atomic E-state index is 13.5. The van der Waals surface area contributed by atoms with Crippen molar-refractivity contribution >= 4 is 17.5 Å². The molecule has 27 heavy (non-hydrogen) atoms. The molecule has 0 fully saturated rings. The van der Waals surface area contributed by atoms with E-state index in [0.29, 0.717) is 23.6 Å². The van der Waals surface area contributed by atoms with Gasteiger partial charge in [0.1, 0.15) is 17.6 Å². The van der Waals surface area contributed by atoms with Crippen molar-refractivity contribution in [3.05, 3.63) is 59.4 Å². The minimum absolute atomic E-state index is 0.165. The van der Waals surface area contributed by atoms with Crippen LogP contribution in [0, 0.1) is 18.7 Å². The highest BCUT2D eigenvalue weighted by atomic mass is 19.1. The first-order valence-electron chi connectivity index (χ1n) is 8.93. The average Bonchev–Trinajstić information content (AvgIpc) is 2.63. The topological polar surface area (TPSA) is 67.4 Å². The molecule has 1 unspecified atom stereocenters. The van der Waals surface area contributed by atoms with Crippen molar-refractivity contribution in [3.63, 3.8) is 0 Å². The van der Waals surface area contributed by atoms with E-state index in [1.807, 2.05) is 20.8 Å². The zero-order valence-corrected chi connectivity index (χ0v) is 16.0. The van der Waals surface area contributed by atoms with E-state index in [2.05, 4.69) is 10.6 Å². The quantitative estimate of drug-likeness (QED) is 0.774. The summed E-state index contributed by atoms with van der Waals surface area (Å²) in [5.41, 5.74) is 1.48. The number of ether oxygens (including phenoxy) is 1. The molecule has 5 nitrogen and oxygen atoms in total. The molecule has 0 saturated carbocycles. The van der Waals surface area contributed by atoms with Gasteiger partial charge in [0.25, 0.3) is 5.91 Å². The minimum atomic E-state index is -0.783. The van der Waals surface area contributed by atoms with E-state index in [-0.39, 0.29) is 5.92 Å².